The normalized spacial score (nSPS) is 11.0. The van der Waals surface area contributed by atoms with E-state index in [1.165, 1.54) is 0 Å². The molecule has 0 saturated carbocycles. The maximum absolute atomic E-state index is 11.6. The molecule has 4 nitrogen and oxygen atoms in total. The SMILES string of the molecule is CC(C)(C)NC(=O)CCNc1ccccc1N. The van der Waals surface area contributed by atoms with Crippen molar-refractivity contribution < 1.29 is 4.79 Å². The number of carbonyl (C=O) groups is 1. The first-order chi connectivity index (χ1) is 7.88. The van der Waals surface area contributed by atoms with Gasteiger partial charge in [-0.25, -0.2) is 0 Å². The minimum atomic E-state index is -0.178. The van der Waals surface area contributed by atoms with Crippen molar-refractivity contribution in [3.63, 3.8) is 0 Å². The van der Waals surface area contributed by atoms with E-state index < -0.39 is 0 Å². The third-order valence-corrected chi connectivity index (χ3v) is 2.14. The van der Waals surface area contributed by atoms with E-state index in [0.717, 1.165) is 5.69 Å². The molecule has 0 aromatic heterocycles. The van der Waals surface area contributed by atoms with Crippen molar-refractivity contribution >= 4 is 17.3 Å². The van der Waals surface area contributed by atoms with Gasteiger partial charge in [-0.3, -0.25) is 4.79 Å². The van der Waals surface area contributed by atoms with Gasteiger partial charge in [-0.15, -0.1) is 0 Å². The molecule has 0 aliphatic rings. The summed E-state index contributed by atoms with van der Waals surface area (Å²) >= 11 is 0. The maximum atomic E-state index is 11.6. The van der Waals surface area contributed by atoms with Gasteiger partial charge >= 0.3 is 0 Å². The van der Waals surface area contributed by atoms with Gasteiger partial charge in [0.2, 0.25) is 5.91 Å². The summed E-state index contributed by atoms with van der Waals surface area (Å²) in [6.45, 7) is 6.48. The van der Waals surface area contributed by atoms with Crippen LogP contribution in [0, 0.1) is 0 Å². The molecule has 1 aromatic rings. The number of nitrogens with two attached hydrogens (primary N) is 1. The first-order valence-corrected chi connectivity index (χ1v) is 5.78. The third-order valence-electron chi connectivity index (χ3n) is 2.14. The van der Waals surface area contributed by atoms with Crippen LogP contribution in [0.4, 0.5) is 11.4 Å². The zero-order valence-corrected chi connectivity index (χ0v) is 10.7. The fourth-order valence-corrected chi connectivity index (χ4v) is 1.45. The Morgan fingerprint density at radius 2 is 1.94 bits per heavy atom. The van der Waals surface area contributed by atoms with E-state index in [-0.39, 0.29) is 11.4 Å². The largest absolute Gasteiger partial charge is 0.397 e. The van der Waals surface area contributed by atoms with Crippen molar-refractivity contribution in [3.05, 3.63) is 24.3 Å². The molecular weight excluding hydrogens is 214 g/mol. The van der Waals surface area contributed by atoms with Crippen molar-refractivity contribution in [3.8, 4) is 0 Å². The van der Waals surface area contributed by atoms with E-state index in [0.29, 0.717) is 18.7 Å². The van der Waals surface area contributed by atoms with Gasteiger partial charge in [-0.2, -0.15) is 0 Å². The molecule has 0 atom stereocenters. The molecule has 4 heteroatoms. The lowest BCUT2D eigenvalue weighted by Crippen LogP contribution is -2.41. The molecule has 0 spiro atoms. The quantitative estimate of drug-likeness (QED) is 0.699. The molecule has 17 heavy (non-hydrogen) atoms. The van der Waals surface area contributed by atoms with Crippen molar-refractivity contribution in [1.82, 2.24) is 5.32 Å². The second-order valence-corrected chi connectivity index (χ2v) is 5.06. The number of amides is 1. The number of hydrogen-bond donors (Lipinski definition) is 3. The molecule has 0 radical (unpaired) electrons. The van der Waals surface area contributed by atoms with Gasteiger partial charge < -0.3 is 16.4 Å². The molecule has 4 N–H and O–H groups in total. The van der Waals surface area contributed by atoms with Crippen LogP contribution in [-0.4, -0.2) is 18.0 Å². The van der Waals surface area contributed by atoms with E-state index >= 15 is 0 Å². The number of rotatable bonds is 4. The molecule has 0 heterocycles. The van der Waals surface area contributed by atoms with E-state index in [1.54, 1.807) is 0 Å². The highest BCUT2D eigenvalue weighted by Gasteiger charge is 2.12. The lowest BCUT2D eigenvalue weighted by atomic mass is 10.1. The first kappa shape index (κ1) is 13.4. The molecule has 1 amide bonds. The summed E-state index contributed by atoms with van der Waals surface area (Å²) in [5, 5.41) is 6.05. The van der Waals surface area contributed by atoms with E-state index in [9.17, 15) is 4.79 Å². The van der Waals surface area contributed by atoms with Crippen LogP contribution in [-0.2, 0) is 4.79 Å². The third kappa shape index (κ3) is 5.24. The summed E-state index contributed by atoms with van der Waals surface area (Å²) in [6, 6.07) is 7.52. The van der Waals surface area contributed by atoms with Crippen LogP contribution in [0.1, 0.15) is 27.2 Å². The Morgan fingerprint density at radius 1 is 1.29 bits per heavy atom. The Kier molecular flexibility index (Phi) is 4.37. The Bertz CT molecular complexity index is 382. The molecule has 0 unspecified atom stereocenters. The Hall–Kier alpha value is -1.71. The number of carbonyl (C=O) groups excluding carboxylic acids is 1. The summed E-state index contributed by atoms with van der Waals surface area (Å²) in [5.41, 5.74) is 7.17. The minimum Gasteiger partial charge on any atom is -0.397 e. The Labute approximate surface area is 103 Å². The van der Waals surface area contributed by atoms with Gasteiger partial charge in [-0.1, -0.05) is 12.1 Å². The summed E-state index contributed by atoms with van der Waals surface area (Å²) in [4.78, 5) is 11.6. The van der Waals surface area contributed by atoms with Crippen LogP contribution in [0.5, 0.6) is 0 Å². The first-order valence-electron chi connectivity index (χ1n) is 5.78. The number of para-hydroxylation sites is 2. The van der Waals surface area contributed by atoms with Crippen LogP contribution in [0.2, 0.25) is 0 Å². The highest BCUT2D eigenvalue weighted by Crippen LogP contribution is 2.16. The van der Waals surface area contributed by atoms with Gasteiger partial charge in [0.05, 0.1) is 11.4 Å². The number of nitrogens with one attached hydrogen (secondary N) is 2. The minimum absolute atomic E-state index is 0.0412. The van der Waals surface area contributed by atoms with Crippen molar-refractivity contribution in [2.24, 2.45) is 0 Å². The molecule has 0 fully saturated rings. The van der Waals surface area contributed by atoms with Crippen LogP contribution < -0.4 is 16.4 Å². The fraction of sp³-hybridized carbons (Fsp3) is 0.462. The lowest BCUT2D eigenvalue weighted by Gasteiger charge is -2.20. The molecule has 0 bridgehead atoms. The summed E-state index contributed by atoms with van der Waals surface area (Å²) in [6.07, 6.45) is 0.436. The predicted octanol–water partition coefficient (Wildman–Crippen LogP) is 1.99. The van der Waals surface area contributed by atoms with Gasteiger partial charge in [0.25, 0.3) is 0 Å². The van der Waals surface area contributed by atoms with Crippen LogP contribution in [0.25, 0.3) is 0 Å². The molecule has 1 aromatic carbocycles. The topological polar surface area (TPSA) is 67.2 Å². The predicted molar refractivity (Wildman–Crippen MR) is 71.9 cm³/mol. The summed E-state index contributed by atoms with van der Waals surface area (Å²) < 4.78 is 0. The molecule has 0 aliphatic heterocycles. The number of hydrogen-bond acceptors (Lipinski definition) is 3. The maximum Gasteiger partial charge on any atom is 0.222 e. The monoisotopic (exact) mass is 235 g/mol. The molecule has 0 saturated heterocycles. The Morgan fingerprint density at radius 3 is 2.53 bits per heavy atom. The number of benzene rings is 1. The highest BCUT2D eigenvalue weighted by atomic mass is 16.1. The molecule has 0 aliphatic carbocycles. The smallest absolute Gasteiger partial charge is 0.222 e. The van der Waals surface area contributed by atoms with Gasteiger partial charge in [0, 0.05) is 18.5 Å². The van der Waals surface area contributed by atoms with Crippen LogP contribution in [0.15, 0.2) is 24.3 Å². The second-order valence-electron chi connectivity index (χ2n) is 5.06. The summed E-state index contributed by atoms with van der Waals surface area (Å²) in [7, 11) is 0. The zero-order valence-electron chi connectivity index (χ0n) is 10.7. The summed E-state index contributed by atoms with van der Waals surface area (Å²) in [5.74, 6) is 0.0412. The molecule has 94 valence electrons. The standard InChI is InChI=1S/C13H21N3O/c1-13(2,3)16-12(17)8-9-15-11-7-5-4-6-10(11)14/h4-7,15H,8-9,14H2,1-3H3,(H,16,17). The van der Waals surface area contributed by atoms with Crippen molar-refractivity contribution in [1.29, 1.82) is 0 Å². The van der Waals surface area contributed by atoms with Gasteiger partial charge in [0.15, 0.2) is 0 Å². The average molecular weight is 235 g/mol. The van der Waals surface area contributed by atoms with Crippen molar-refractivity contribution in [2.75, 3.05) is 17.6 Å². The van der Waals surface area contributed by atoms with Gasteiger partial charge in [-0.05, 0) is 32.9 Å². The molecular formula is C13H21N3O. The van der Waals surface area contributed by atoms with Crippen LogP contribution in [0.3, 0.4) is 0 Å². The highest BCUT2D eigenvalue weighted by molar-refractivity contribution is 5.77. The van der Waals surface area contributed by atoms with E-state index in [2.05, 4.69) is 10.6 Å². The van der Waals surface area contributed by atoms with Gasteiger partial charge in [0.1, 0.15) is 0 Å². The van der Waals surface area contributed by atoms with E-state index in [1.807, 2.05) is 45.0 Å². The zero-order chi connectivity index (χ0) is 12.9. The second kappa shape index (κ2) is 5.57. The Balaban J connectivity index is 2.34. The number of anilines is 2. The molecule has 1 rings (SSSR count). The number of nitrogen functional groups attached to an aromatic ring is 1. The lowest BCUT2D eigenvalue weighted by molar-refractivity contribution is -0.122. The van der Waals surface area contributed by atoms with Crippen LogP contribution >= 0.6 is 0 Å². The average Bonchev–Trinajstić information content (AvgIpc) is 2.18. The van der Waals surface area contributed by atoms with Crippen molar-refractivity contribution in [2.45, 2.75) is 32.7 Å². The van der Waals surface area contributed by atoms with E-state index in [4.69, 9.17) is 5.73 Å². The fourth-order valence-electron chi connectivity index (χ4n) is 1.45.